The number of aryl methyl sites for hydroxylation is 1. The number of rotatable bonds is 8. The van der Waals surface area contributed by atoms with Gasteiger partial charge in [0.1, 0.15) is 11.5 Å². The average molecular weight is 412 g/mol. The molecule has 1 atom stereocenters. The molecule has 29 heavy (non-hydrogen) atoms. The second-order valence-electron chi connectivity index (χ2n) is 6.60. The predicted octanol–water partition coefficient (Wildman–Crippen LogP) is 4.25. The van der Waals surface area contributed by atoms with Gasteiger partial charge in [-0.3, -0.25) is 14.6 Å². The van der Waals surface area contributed by atoms with Crippen molar-refractivity contribution in [3.63, 3.8) is 0 Å². The molecule has 5 nitrogen and oxygen atoms in total. The topological polar surface area (TPSA) is 68.3 Å². The summed E-state index contributed by atoms with van der Waals surface area (Å²) in [7, 11) is 0. The van der Waals surface area contributed by atoms with E-state index >= 15 is 0 Å². The maximum absolute atomic E-state index is 12.9. The number of pyridine rings is 1. The highest BCUT2D eigenvalue weighted by molar-refractivity contribution is 5.94. The van der Waals surface area contributed by atoms with Crippen molar-refractivity contribution < 1.29 is 31.9 Å². The van der Waals surface area contributed by atoms with Crippen molar-refractivity contribution in [2.45, 2.75) is 45.8 Å². The highest BCUT2D eigenvalue weighted by atomic mass is 19.3. The molecule has 0 aliphatic rings. The van der Waals surface area contributed by atoms with Gasteiger partial charge in [-0.1, -0.05) is 12.1 Å². The zero-order valence-corrected chi connectivity index (χ0v) is 16.0. The van der Waals surface area contributed by atoms with E-state index in [1.807, 2.05) is 0 Å². The summed E-state index contributed by atoms with van der Waals surface area (Å²) in [6.45, 7) is 4.81. The van der Waals surface area contributed by atoms with Crippen LogP contribution in [0.4, 0.5) is 17.6 Å². The molecule has 156 valence electrons. The van der Waals surface area contributed by atoms with Gasteiger partial charge in [0.05, 0.1) is 6.04 Å². The maximum atomic E-state index is 12.9. The standard InChI is InChI=1S/C20H20F4N2O3/c1-11-8-15(10-16(25-11)9-12(2)27)18(28)26-13(3)14-4-6-17(7-5-14)29-20(23,24)19(21)22/h4-8,10,13,19H,9H2,1-3H3,(H,26,28). The summed E-state index contributed by atoms with van der Waals surface area (Å²) in [5.74, 6) is -0.906. The minimum atomic E-state index is -4.59. The molecule has 2 aromatic rings. The van der Waals surface area contributed by atoms with Crippen LogP contribution in [0.2, 0.25) is 0 Å². The van der Waals surface area contributed by atoms with Crippen molar-refractivity contribution in [1.82, 2.24) is 10.3 Å². The minimum Gasteiger partial charge on any atom is -0.428 e. The number of ketones is 1. The Morgan fingerprint density at radius 2 is 1.79 bits per heavy atom. The fourth-order valence-corrected chi connectivity index (χ4v) is 2.60. The minimum absolute atomic E-state index is 0.0810. The summed E-state index contributed by atoms with van der Waals surface area (Å²) in [4.78, 5) is 28.0. The van der Waals surface area contributed by atoms with E-state index in [1.54, 1.807) is 19.9 Å². The Hall–Kier alpha value is -2.97. The number of aromatic nitrogens is 1. The number of nitrogens with zero attached hydrogens (tertiary/aromatic N) is 1. The molecule has 1 N–H and O–H groups in total. The van der Waals surface area contributed by atoms with Gasteiger partial charge in [-0.25, -0.2) is 0 Å². The third kappa shape index (κ3) is 6.27. The van der Waals surface area contributed by atoms with Gasteiger partial charge < -0.3 is 10.1 Å². The first-order chi connectivity index (χ1) is 13.5. The second-order valence-corrected chi connectivity index (χ2v) is 6.60. The molecule has 0 saturated heterocycles. The molecular weight excluding hydrogens is 392 g/mol. The summed E-state index contributed by atoms with van der Waals surface area (Å²) in [5, 5.41) is 2.75. The van der Waals surface area contributed by atoms with Gasteiger partial charge in [-0.15, -0.1) is 0 Å². The smallest absolute Gasteiger partial charge is 0.428 e. The zero-order chi connectivity index (χ0) is 21.8. The SMILES string of the molecule is CC(=O)Cc1cc(C(=O)NC(C)c2ccc(OC(F)(F)C(F)F)cc2)cc(C)n1. The first kappa shape index (κ1) is 22.3. The molecule has 1 aromatic carbocycles. The van der Waals surface area contributed by atoms with Crippen LogP contribution in [0.1, 0.15) is 47.2 Å². The largest absolute Gasteiger partial charge is 0.461 e. The Bertz CT molecular complexity index is 886. The summed E-state index contributed by atoms with van der Waals surface area (Å²) >= 11 is 0. The molecule has 1 unspecified atom stereocenters. The van der Waals surface area contributed by atoms with E-state index in [9.17, 15) is 27.2 Å². The van der Waals surface area contributed by atoms with E-state index in [2.05, 4.69) is 15.0 Å². The lowest BCUT2D eigenvalue weighted by Gasteiger charge is -2.18. The van der Waals surface area contributed by atoms with E-state index in [1.165, 1.54) is 25.1 Å². The Morgan fingerprint density at radius 1 is 1.17 bits per heavy atom. The van der Waals surface area contributed by atoms with E-state index in [-0.39, 0.29) is 12.2 Å². The van der Waals surface area contributed by atoms with Gasteiger partial charge in [0.25, 0.3) is 5.91 Å². The number of amides is 1. The van der Waals surface area contributed by atoms with Crippen LogP contribution in [-0.2, 0) is 11.2 Å². The van der Waals surface area contributed by atoms with E-state index < -0.39 is 30.2 Å². The zero-order valence-electron chi connectivity index (χ0n) is 16.0. The van der Waals surface area contributed by atoms with Gasteiger partial charge in [0.2, 0.25) is 0 Å². The lowest BCUT2D eigenvalue weighted by Crippen LogP contribution is -2.33. The van der Waals surface area contributed by atoms with Crippen LogP contribution in [0.5, 0.6) is 5.75 Å². The third-order valence-corrected chi connectivity index (χ3v) is 3.93. The normalized spacial score (nSPS) is 12.6. The first-order valence-corrected chi connectivity index (χ1v) is 8.70. The van der Waals surface area contributed by atoms with E-state index in [0.29, 0.717) is 22.5 Å². The Kier molecular flexibility index (Phi) is 6.94. The summed E-state index contributed by atoms with van der Waals surface area (Å²) in [6, 6.07) is 7.62. The predicted molar refractivity (Wildman–Crippen MR) is 97.3 cm³/mol. The van der Waals surface area contributed by atoms with Gasteiger partial charge in [-0.05, 0) is 50.6 Å². The quantitative estimate of drug-likeness (QED) is 0.659. The van der Waals surface area contributed by atoms with Gasteiger partial charge in [-0.2, -0.15) is 17.6 Å². The number of hydrogen-bond acceptors (Lipinski definition) is 4. The molecule has 1 aromatic heterocycles. The number of carbonyl (C=O) groups is 2. The monoisotopic (exact) mass is 412 g/mol. The number of nitrogens with one attached hydrogen (secondary N) is 1. The number of ether oxygens (including phenoxy) is 1. The Labute approximate surface area is 165 Å². The van der Waals surface area contributed by atoms with Crippen LogP contribution >= 0.6 is 0 Å². The van der Waals surface area contributed by atoms with Gasteiger partial charge in [0, 0.05) is 23.4 Å². The van der Waals surface area contributed by atoms with E-state index in [0.717, 1.165) is 12.1 Å². The second kappa shape index (κ2) is 9.02. The third-order valence-electron chi connectivity index (χ3n) is 3.93. The van der Waals surface area contributed by atoms with Crippen LogP contribution in [0, 0.1) is 6.92 Å². The molecule has 1 heterocycles. The van der Waals surface area contributed by atoms with Crippen LogP contribution in [-0.4, -0.2) is 29.2 Å². The number of hydrogen-bond donors (Lipinski definition) is 1. The highest BCUT2D eigenvalue weighted by Gasteiger charge is 2.43. The molecule has 0 spiro atoms. The Balaban J connectivity index is 2.08. The van der Waals surface area contributed by atoms with Crippen LogP contribution in [0.15, 0.2) is 36.4 Å². The lowest BCUT2D eigenvalue weighted by atomic mass is 10.1. The van der Waals surface area contributed by atoms with Crippen LogP contribution < -0.4 is 10.1 Å². The average Bonchev–Trinajstić information content (AvgIpc) is 2.60. The number of Topliss-reactive ketones (excluding diaryl/α,β-unsaturated/α-hetero) is 1. The first-order valence-electron chi connectivity index (χ1n) is 8.70. The fraction of sp³-hybridized carbons (Fsp3) is 0.350. The molecule has 9 heteroatoms. The Morgan fingerprint density at radius 3 is 2.34 bits per heavy atom. The maximum Gasteiger partial charge on any atom is 0.461 e. The molecule has 0 radical (unpaired) electrons. The van der Waals surface area contributed by atoms with Crippen molar-refractivity contribution in [2.24, 2.45) is 0 Å². The van der Waals surface area contributed by atoms with Gasteiger partial charge in [0.15, 0.2) is 0 Å². The number of halogens is 4. The molecular formula is C20H20F4N2O3. The number of carbonyl (C=O) groups excluding carboxylic acids is 2. The molecule has 0 aliphatic carbocycles. The molecule has 0 saturated carbocycles. The van der Waals surface area contributed by atoms with E-state index in [4.69, 9.17) is 0 Å². The van der Waals surface area contributed by atoms with Crippen LogP contribution in [0.25, 0.3) is 0 Å². The number of benzene rings is 1. The summed E-state index contributed by atoms with van der Waals surface area (Å²) in [5.41, 5.74) is 1.96. The highest BCUT2D eigenvalue weighted by Crippen LogP contribution is 2.28. The van der Waals surface area contributed by atoms with Crippen molar-refractivity contribution in [3.05, 3.63) is 58.9 Å². The fourth-order valence-electron chi connectivity index (χ4n) is 2.60. The molecule has 0 bridgehead atoms. The molecule has 2 rings (SSSR count). The molecule has 0 fully saturated rings. The molecule has 0 aliphatic heterocycles. The van der Waals surface area contributed by atoms with Gasteiger partial charge >= 0.3 is 12.5 Å². The van der Waals surface area contributed by atoms with Crippen molar-refractivity contribution in [1.29, 1.82) is 0 Å². The van der Waals surface area contributed by atoms with Crippen molar-refractivity contribution in [2.75, 3.05) is 0 Å². The lowest BCUT2D eigenvalue weighted by molar-refractivity contribution is -0.253. The van der Waals surface area contributed by atoms with Crippen molar-refractivity contribution >= 4 is 11.7 Å². The van der Waals surface area contributed by atoms with Crippen LogP contribution in [0.3, 0.4) is 0 Å². The number of alkyl halides is 4. The summed E-state index contributed by atoms with van der Waals surface area (Å²) in [6.07, 6.45) is -8.42. The summed E-state index contributed by atoms with van der Waals surface area (Å²) < 4.78 is 54.3. The van der Waals surface area contributed by atoms with Crippen molar-refractivity contribution in [3.8, 4) is 5.75 Å². The molecule has 1 amide bonds.